The van der Waals surface area contributed by atoms with E-state index in [-0.39, 0.29) is 0 Å². The van der Waals surface area contributed by atoms with Gasteiger partial charge in [0.05, 0.1) is 11.4 Å². The van der Waals surface area contributed by atoms with Crippen LogP contribution in [-0.2, 0) is 6.54 Å². The molecule has 0 amide bonds. The average molecular weight is 407 g/mol. The molecule has 1 aliphatic heterocycles. The van der Waals surface area contributed by atoms with Gasteiger partial charge in [0, 0.05) is 24.6 Å². The van der Waals surface area contributed by atoms with E-state index in [2.05, 4.69) is 10.00 Å². The molecule has 4 aromatic rings. The first-order valence-electron chi connectivity index (χ1n) is 10.1. The van der Waals surface area contributed by atoms with Crippen LogP contribution in [0, 0.1) is 6.92 Å². The zero-order chi connectivity index (χ0) is 19.8. The molecule has 1 aliphatic rings. The molecule has 29 heavy (non-hydrogen) atoms. The number of piperidine rings is 1. The highest BCUT2D eigenvalue weighted by Crippen LogP contribution is 2.31. The number of fused-ring (bicyclic) bond motifs is 1. The van der Waals surface area contributed by atoms with Crippen molar-refractivity contribution >= 4 is 22.7 Å². The number of halogens is 1. The third-order valence-electron chi connectivity index (χ3n) is 5.67. The summed E-state index contributed by atoms with van der Waals surface area (Å²) >= 11 is 6.73. The second-order valence-electron chi connectivity index (χ2n) is 7.70. The van der Waals surface area contributed by atoms with E-state index < -0.39 is 0 Å². The molecule has 1 fully saturated rings. The Kier molecular flexibility index (Phi) is 4.86. The van der Waals surface area contributed by atoms with E-state index in [4.69, 9.17) is 21.0 Å². The van der Waals surface area contributed by atoms with E-state index in [0.717, 1.165) is 66.4 Å². The van der Waals surface area contributed by atoms with Gasteiger partial charge in [-0.05, 0) is 50.6 Å². The highest BCUT2D eigenvalue weighted by atomic mass is 35.5. The molecule has 0 saturated carbocycles. The maximum atomic E-state index is 6.73. The van der Waals surface area contributed by atoms with Crippen LogP contribution in [0.25, 0.3) is 16.8 Å². The third kappa shape index (κ3) is 3.56. The molecular weight excluding hydrogens is 384 g/mol. The Balaban J connectivity index is 1.36. The summed E-state index contributed by atoms with van der Waals surface area (Å²) in [7, 11) is 0. The van der Waals surface area contributed by atoms with Gasteiger partial charge in [0.2, 0.25) is 0 Å². The van der Waals surface area contributed by atoms with Gasteiger partial charge >= 0.3 is 0 Å². The van der Waals surface area contributed by atoms with Crippen molar-refractivity contribution in [1.29, 1.82) is 0 Å². The van der Waals surface area contributed by atoms with E-state index in [1.165, 1.54) is 0 Å². The quantitative estimate of drug-likeness (QED) is 0.458. The zero-order valence-corrected chi connectivity index (χ0v) is 17.1. The number of likely N-dealkylation sites (tertiary alicyclic amines) is 1. The van der Waals surface area contributed by atoms with Crippen molar-refractivity contribution in [2.75, 3.05) is 13.1 Å². The van der Waals surface area contributed by atoms with Crippen LogP contribution in [0.4, 0.5) is 0 Å². The molecule has 1 unspecified atom stereocenters. The molecule has 5 rings (SSSR count). The summed E-state index contributed by atoms with van der Waals surface area (Å²) in [5.41, 5.74) is 4.84. The van der Waals surface area contributed by atoms with Crippen molar-refractivity contribution in [3.63, 3.8) is 0 Å². The smallest absolute Gasteiger partial charge is 0.199 e. The van der Waals surface area contributed by atoms with Gasteiger partial charge < -0.3 is 4.42 Å². The minimum absolute atomic E-state index is 0.305. The lowest BCUT2D eigenvalue weighted by Crippen LogP contribution is -2.34. The number of aromatic nitrogens is 3. The number of hydrogen-bond donors (Lipinski definition) is 0. The molecule has 0 aliphatic carbocycles. The molecule has 2 aromatic carbocycles. The lowest BCUT2D eigenvalue weighted by Gasteiger charge is -2.31. The Morgan fingerprint density at radius 1 is 1.10 bits per heavy atom. The van der Waals surface area contributed by atoms with Gasteiger partial charge in [0.25, 0.3) is 0 Å². The van der Waals surface area contributed by atoms with E-state index in [1.54, 1.807) is 0 Å². The second-order valence-corrected chi connectivity index (χ2v) is 8.05. The lowest BCUT2D eigenvalue weighted by molar-refractivity contribution is 0.187. The summed E-state index contributed by atoms with van der Waals surface area (Å²) < 4.78 is 7.86. The number of aryl methyl sites for hydroxylation is 1. The highest BCUT2D eigenvalue weighted by Gasteiger charge is 2.27. The normalized spacial score (nSPS) is 17.8. The van der Waals surface area contributed by atoms with Gasteiger partial charge in [-0.1, -0.05) is 41.9 Å². The van der Waals surface area contributed by atoms with Crippen LogP contribution in [0.5, 0.6) is 0 Å². The van der Waals surface area contributed by atoms with Crippen LogP contribution in [0.15, 0.2) is 59.0 Å². The summed E-state index contributed by atoms with van der Waals surface area (Å²) in [6.45, 7) is 4.78. The largest absolute Gasteiger partial charge is 0.440 e. The molecule has 5 nitrogen and oxygen atoms in total. The molecule has 1 saturated heterocycles. The molecule has 2 aromatic heterocycles. The SMILES string of the molecule is Cc1nn(-c2ccccc2)c(Cl)c1CN1CCCC(c2nc3ccccc3o2)C1. The molecule has 6 heteroatoms. The van der Waals surface area contributed by atoms with E-state index in [0.29, 0.717) is 11.1 Å². The number of oxazole rings is 1. The molecule has 1 atom stereocenters. The summed E-state index contributed by atoms with van der Waals surface area (Å²) in [6, 6.07) is 18.0. The highest BCUT2D eigenvalue weighted by molar-refractivity contribution is 6.30. The molecule has 148 valence electrons. The zero-order valence-electron chi connectivity index (χ0n) is 16.4. The first-order chi connectivity index (χ1) is 14.2. The van der Waals surface area contributed by atoms with Gasteiger partial charge in [0.15, 0.2) is 11.5 Å². The summed E-state index contributed by atoms with van der Waals surface area (Å²) in [5, 5.41) is 5.37. The van der Waals surface area contributed by atoms with Crippen molar-refractivity contribution in [2.45, 2.75) is 32.2 Å². The van der Waals surface area contributed by atoms with Crippen LogP contribution in [0.3, 0.4) is 0 Å². The predicted octanol–water partition coefficient (Wildman–Crippen LogP) is 5.35. The fourth-order valence-electron chi connectivity index (χ4n) is 4.14. The molecule has 0 N–H and O–H groups in total. The summed E-state index contributed by atoms with van der Waals surface area (Å²) in [5.74, 6) is 1.15. The first kappa shape index (κ1) is 18.4. The number of nitrogens with zero attached hydrogens (tertiary/aromatic N) is 4. The summed E-state index contributed by atoms with van der Waals surface area (Å²) in [6.07, 6.45) is 2.21. The lowest BCUT2D eigenvalue weighted by atomic mass is 9.97. The Hall–Kier alpha value is -2.63. The first-order valence-corrected chi connectivity index (χ1v) is 10.4. The minimum atomic E-state index is 0.305. The minimum Gasteiger partial charge on any atom is -0.440 e. The Bertz CT molecular complexity index is 1100. The summed E-state index contributed by atoms with van der Waals surface area (Å²) in [4.78, 5) is 7.16. The fourth-order valence-corrected chi connectivity index (χ4v) is 4.47. The predicted molar refractivity (Wildman–Crippen MR) is 115 cm³/mol. The van der Waals surface area contributed by atoms with Crippen LogP contribution in [-0.4, -0.2) is 32.8 Å². The van der Waals surface area contributed by atoms with Gasteiger partial charge in [-0.25, -0.2) is 9.67 Å². The molecular formula is C23H23ClN4O. The third-order valence-corrected chi connectivity index (χ3v) is 6.06. The van der Waals surface area contributed by atoms with Gasteiger partial charge in [0.1, 0.15) is 10.7 Å². The van der Waals surface area contributed by atoms with E-state index in [9.17, 15) is 0 Å². The number of rotatable bonds is 4. The number of para-hydroxylation sites is 3. The number of hydrogen-bond acceptors (Lipinski definition) is 4. The van der Waals surface area contributed by atoms with Crippen molar-refractivity contribution in [3.05, 3.63) is 76.9 Å². The van der Waals surface area contributed by atoms with E-state index >= 15 is 0 Å². The standard InChI is InChI=1S/C23H23ClN4O/c1-16-19(22(24)28(26-16)18-9-3-2-4-10-18)15-27-13-7-8-17(14-27)23-25-20-11-5-6-12-21(20)29-23/h2-6,9-12,17H,7-8,13-15H2,1H3. The Morgan fingerprint density at radius 2 is 1.90 bits per heavy atom. The number of benzene rings is 2. The van der Waals surface area contributed by atoms with Crippen molar-refractivity contribution in [1.82, 2.24) is 19.7 Å². The molecule has 0 bridgehead atoms. The molecule has 0 radical (unpaired) electrons. The van der Waals surface area contributed by atoms with E-state index in [1.807, 2.05) is 66.2 Å². The fraction of sp³-hybridized carbons (Fsp3) is 0.304. The Labute approximate surface area is 174 Å². The van der Waals surface area contributed by atoms with Gasteiger partial charge in [-0.2, -0.15) is 5.10 Å². The van der Waals surface area contributed by atoms with Crippen molar-refractivity contribution in [3.8, 4) is 5.69 Å². The van der Waals surface area contributed by atoms with Crippen molar-refractivity contribution in [2.24, 2.45) is 0 Å². The van der Waals surface area contributed by atoms with Crippen molar-refractivity contribution < 1.29 is 4.42 Å². The Morgan fingerprint density at radius 3 is 2.72 bits per heavy atom. The molecule has 3 heterocycles. The van der Waals surface area contributed by atoms with Crippen LogP contribution in [0.1, 0.15) is 35.9 Å². The maximum absolute atomic E-state index is 6.73. The van der Waals surface area contributed by atoms with Gasteiger partial charge in [-0.15, -0.1) is 0 Å². The van der Waals surface area contributed by atoms with Crippen LogP contribution in [0.2, 0.25) is 5.15 Å². The second kappa shape index (κ2) is 7.65. The molecule has 0 spiro atoms. The van der Waals surface area contributed by atoms with Crippen LogP contribution < -0.4 is 0 Å². The van der Waals surface area contributed by atoms with Crippen LogP contribution >= 0.6 is 11.6 Å². The average Bonchev–Trinajstić information content (AvgIpc) is 3.31. The monoisotopic (exact) mass is 406 g/mol. The topological polar surface area (TPSA) is 47.1 Å². The maximum Gasteiger partial charge on any atom is 0.199 e. The van der Waals surface area contributed by atoms with Gasteiger partial charge in [-0.3, -0.25) is 4.90 Å².